The van der Waals surface area contributed by atoms with Crippen molar-refractivity contribution in [1.29, 1.82) is 0 Å². The molecule has 0 aliphatic carbocycles. The Kier molecular flexibility index (Phi) is 11.2. The van der Waals surface area contributed by atoms with E-state index in [1.165, 1.54) is 11.0 Å². The summed E-state index contributed by atoms with van der Waals surface area (Å²) in [6, 6.07) is -0.436. The summed E-state index contributed by atoms with van der Waals surface area (Å²) in [5.74, 6) is 0.152. The molecule has 0 spiro atoms. The number of hydrogen-bond acceptors (Lipinski definition) is 7. The first kappa shape index (κ1) is 30.5. The highest BCUT2D eigenvalue weighted by Gasteiger charge is 2.37. The standard InChI is InChI=1S/C15H25NO4.C11H19NO3/c1-6-19-13(17)8-7-12-11(2)9-10-16(12)14(18)20-15(3,4)5;1-8-5-6-12(9(8)7-13)10(14)15-11(2,3)4/h7-8,11-12H,6,9-10H2,1-5H3;7-9H,5-6H2,1-4H3/b8-7+;/t11-,12+;8-,9+/m00/s1. The minimum Gasteiger partial charge on any atom is -0.463 e. The molecule has 0 aromatic rings. The molecule has 2 rings (SSSR count). The summed E-state index contributed by atoms with van der Waals surface area (Å²) in [5.41, 5.74) is -1.02. The zero-order chi connectivity index (χ0) is 27.0. The number of aldehydes is 1. The molecular formula is C26H44N2O7. The van der Waals surface area contributed by atoms with Crippen molar-refractivity contribution in [1.82, 2.24) is 9.80 Å². The van der Waals surface area contributed by atoms with Gasteiger partial charge in [-0.3, -0.25) is 4.90 Å². The van der Waals surface area contributed by atoms with Gasteiger partial charge < -0.3 is 23.9 Å². The van der Waals surface area contributed by atoms with Crippen LogP contribution in [0.4, 0.5) is 9.59 Å². The minimum atomic E-state index is -0.516. The maximum Gasteiger partial charge on any atom is 0.410 e. The smallest absolute Gasteiger partial charge is 0.410 e. The molecule has 0 radical (unpaired) electrons. The SMILES string of the molecule is CCOC(=O)/C=C/[C@@H]1[C@@H](C)CCN1C(=O)OC(C)(C)C.C[C@H]1CCN(C(=O)OC(C)(C)C)[C@@H]1C=O. The molecular weight excluding hydrogens is 452 g/mol. The Morgan fingerprint density at radius 1 is 0.829 bits per heavy atom. The van der Waals surface area contributed by atoms with Crippen LogP contribution in [0.5, 0.6) is 0 Å². The molecule has 2 heterocycles. The second-order valence-electron chi connectivity index (χ2n) is 11.1. The lowest BCUT2D eigenvalue weighted by Crippen LogP contribution is -2.41. The Morgan fingerprint density at radius 2 is 1.26 bits per heavy atom. The van der Waals surface area contributed by atoms with Gasteiger partial charge in [0.1, 0.15) is 17.5 Å². The number of carbonyl (C=O) groups excluding carboxylic acids is 4. The van der Waals surface area contributed by atoms with E-state index in [-0.39, 0.29) is 36.2 Å². The van der Waals surface area contributed by atoms with Gasteiger partial charge in [0.05, 0.1) is 18.7 Å². The van der Waals surface area contributed by atoms with E-state index in [1.807, 2.05) is 48.5 Å². The summed E-state index contributed by atoms with van der Waals surface area (Å²) in [6.07, 6.45) is 5.01. The Labute approximate surface area is 210 Å². The van der Waals surface area contributed by atoms with Crippen molar-refractivity contribution in [2.24, 2.45) is 11.8 Å². The number of ether oxygens (including phenoxy) is 3. The molecule has 2 aliphatic heterocycles. The van der Waals surface area contributed by atoms with Crippen LogP contribution < -0.4 is 0 Å². The van der Waals surface area contributed by atoms with Gasteiger partial charge in [-0.1, -0.05) is 19.9 Å². The fraction of sp³-hybridized carbons (Fsp3) is 0.769. The molecule has 2 amide bonds. The van der Waals surface area contributed by atoms with Gasteiger partial charge in [-0.25, -0.2) is 14.4 Å². The van der Waals surface area contributed by atoms with Crippen LogP contribution in [0, 0.1) is 11.8 Å². The van der Waals surface area contributed by atoms with Crippen molar-refractivity contribution in [3.05, 3.63) is 12.2 Å². The first-order valence-electron chi connectivity index (χ1n) is 12.4. The minimum absolute atomic E-state index is 0.116. The van der Waals surface area contributed by atoms with Crippen LogP contribution in [0.3, 0.4) is 0 Å². The zero-order valence-corrected chi connectivity index (χ0v) is 22.8. The highest BCUT2D eigenvalue weighted by Crippen LogP contribution is 2.27. The average Bonchev–Trinajstić information content (AvgIpc) is 3.26. The predicted molar refractivity (Wildman–Crippen MR) is 133 cm³/mol. The van der Waals surface area contributed by atoms with Crippen LogP contribution in [0.15, 0.2) is 12.2 Å². The first-order valence-corrected chi connectivity index (χ1v) is 12.4. The lowest BCUT2D eigenvalue weighted by molar-refractivity contribution is -0.137. The zero-order valence-electron chi connectivity index (χ0n) is 22.8. The van der Waals surface area contributed by atoms with E-state index in [2.05, 4.69) is 6.92 Å². The molecule has 2 saturated heterocycles. The Hall–Kier alpha value is -2.58. The van der Waals surface area contributed by atoms with E-state index in [1.54, 1.807) is 17.9 Å². The molecule has 9 nitrogen and oxygen atoms in total. The summed E-state index contributed by atoms with van der Waals surface area (Å²) in [7, 11) is 0. The maximum absolute atomic E-state index is 12.1. The van der Waals surface area contributed by atoms with Crippen molar-refractivity contribution >= 4 is 24.4 Å². The Morgan fingerprint density at radius 3 is 1.66 bits per heavy atom. The number of likely N-dealkylation sites (tertiary alicyclic amines) is 2. The van der Waals surface area contributed by atoms with Gasteiger partial charge in [0.15, 0.2) is 0 Å². The van der Waals surface area contributed by atoms with E-state index < -0.39 is 11.2 Å². The second kappa shape index (κ2) is 12.9. The van der Waals surface area contributed by atoms with Crippen molar-refractivity contribution in [2.45, 2.75) is 98.4 Å². The van der Waals surface area contributed by atoms with Crippen LogP contribution in [-0.2, 0) is 23.8 Å². The second-order valence-corrected chi connectivity index (χ2v) is 11.1. The van der Waals surface area contributed by atoms with Gasteiger partial charge in [-0.2, -0.15) is 0 Å². The third-order valence-electron chi connectivity index (χ3n) is 5.65. The summed E-state index contributed by atoms with van der Waals surface area (Å²) in [4.78, 5) is 49.3. The first-order chi connectivity index (χ1) is 16.1. The van der Waals surface area contributed by atoms with Crippen LogP contribution in [0.25, 0.3) is 0 Å². The summed E-state index contributed by atoms with van der Waals surface area (Å²) < 4.78 is 15.5. The lowest BCUT2D eigenvalue weighted by Gasteiger charge is -2.28. The normalized spacial score (nSPS) is 24.6. The topological polar surface area (TPSA) is 102 Å². The molecule has 9 heteroatoms. The van der Waals surface area contributed by atoms with Gasteiger partial charge in [0, 0.05) is 19.2 Å². The number of rotatable bonds is 4. The van der Waals surface area contributed by atoms with Gasteiger partial charge in [-0.05, 0) is 73.1 Å². The average molecular weight is 497 g/mol. The number of esters is 1. The number of hydrogen-bond donors (Lipinski definition) is 0. The van der Waals surface area contributed by atoms with E-state index in [4.69, 9.17) is 14.2 Å². The molecule has 0 aromatic carbocycles. The molecule has 0 bridgehead atoms. The van der Waals surface area contributed by atoms with E-state index in [0.29, 0.717) is 25.6 Å². The van der Waals surface area contributed by atoms with E-state index in [9.17, 15) is 19.2 Å². The molecule has 2 fully saturated rings. The summed E-state index contributed by atoms with van der Waals surface area (Å²) >= 11 is 0. The van der Waals surface area contributed by atoms with Crippen molar-refractivity contribution < 1.29 is 33.4 Å². The predicted octanol–water partition coefficient (Wildman–Crippen LogP) is 4.58. The molecule has 0 saturated carbocycles. The van der Waals surface area contributed by atoms with Crippen molar-refractivity contribution in [3.63, 3.8) is 0 Å². The number of carbonyl (C=O) groups is 4. The monoisotopic (exact) mass is 496 g/mol. The van der Waals surface area contributed by atoms with Crippen LogP contribution in [0.2, 0.25) is 0 Å². The molecule has 2 aliphatic rings. The third-order valence-corrected chi connectivity index (χ3v) is 5.65. The van der Waals surface area contributed by atoms with Crippen molar-refractivity contribution in [3.8, 4) is 0 Å². The molecule has 0 N–H and O–H groups in total. The number of nitrogens with zero attached hydrogens (tertiary/aromatic N) is 2. The maximum atomic E-state index is 12.1. The Balaban J connectivity index is 0.000000365. The molecule has 35 heavy (non-hydrogen) atoms. The van der Waals surface area contributed by atoms with Gasteiger partial charge in [-0.15, -0.1) is 0 Å². The summed E-state index contributed by atoms with van der Waals surface area (Å²) in [5, 5.41) is 0. The van der Waals surface area contributed by atoms with Crippen LogP contribution in [0.1, 0.15) is 75.2 Å². The summed E-state index contributed by atoms with van der Waals surface area (Å²) in [6.45, 7) is 18.4. The van der Waals surface area contributed by atoms with E-state index in [0.717, 1.165) is 19.1 Å². The highest BCUT2D eigenvalue weighted by molar-refractivity contribution is 5.82. The lowest BCUT2D eigenvalue weighted by atomic mass is 10.0. The molecule has 0 unspecified atom stereocenters. The van der Waals surface area contributed by atoms with Gasteiger partial charge in [0.2, 0.25) is 0 Å². The van der Waals surface area contributed by atoms with Gasteiger partial charge in [0.25, 0.3) is 0 Å². The molecule has 200 valence electrons. The van der Waals surface area contributed by atoms with Crippen LogP contribution >= 0.6 is 0 Å². The van der Waals surface area contributed by atoms with Gasteiger partial charge >= 0.3 is 18.2 Å². The highest BCUT2D eigenvalue weighted by atomic mass is 16.6. The molecule has 0 aromatic heterocycles. The fourth-order valence-electron chi connectivity index (χ4n) is 3.88. The Bertz CT molecular complexity index is 767. The van der Waals surface area contributed by atoms with Crippen LogP contribution in [-0.4, -0.2) is 77.2 Å². The fourth-order valence-corrected chi connectivity index (χ4v) is 3.88. The quantitative estimate of drug-likeness (QED) is 0.243. The number of amides is 2. The molecule has 4 atom stereocenters. The largest absolute Gasteiger partial charge is 0.463 e. The third kappa shape index (κ3) is 10.3. The van der Waals surface area contributed by atoms with E-state index >= 15 is 0 Å². The van der Waals surface area contributed by atoms with Crippen molar-refractivity contribution in [2.75, 3.05) is 19.7 Å².